The van der Waals surface area contributed by atoms with E-state index in [1.54, 1.807) is 0 Å². The van der Waals surface area contributed by atoms with Gasteiger partial charge in [-0.3, -0.25) is 4.79 Å². The molecule has 106 valence electrons. The summed E-state index contributed by atoms with van der Waals surface area (Å²) in [6, 6.07) is 8.32. The van der Waals surface area contributed by atoms with Gasteiger partial charge in [-0.25, -0.2) is 0 Å². The van der Waals surface area contributed by atoms with Crippen molar-refractivity contribution in [1.29, 1.82) is 0 Å². The Morgan fingerprint density at radius 2 is 1.79 bits per heavy atom. The van der Waals surface area contributed by atoms with Gasteiger partial charge in [-0.1, -0.05) is 26.0 Å². The molecular formula is C16H25NO2. The lowest BCUT2D eigenvalue weighted by Crippen LogP contribution is -2.25. The number of nitrogens with one attached hydrogen (secondary N) is 1. The Balaban J connectivity index is 2.35. The Hall–Kier alpha value is -1.51. The van der Waals surface area contributed by atoms with Crippen molar-refractivity contribution in [3.8, 4) is 0 Å². The molecule has 1 aromatic carbocycles. The van der Waals surface area contributed by atoms with Gasteiger partial charge in [0.2, 0.25) is 0 Å². The Kier molecular flexibility index (Phi) is 5.40. The van der Waals surface area contributed by atoms with Gasteiger partial charge < -0.3 is 10.1 Å². The number of carbonyl (C=O) groups excluding carboxylic acids is 1. The third-order valence-corrected chi connectivity index (χ3v) is 2.66. The summed E-state index contributed by atoms with van der Waals surface area (Å²) in [6.07, 6.45) is 0.378. The maximum atomic E-state index is 11.5. The minimum absolute atomic E-state index is 0.168. The molecule has 19 heavy (non-hydrogen) atoms. The van der Waals surface area contributed by atoms with Gasteiger partial charge in [0, 0.05) is 12.2 Å². The minimum Gasteiger partial charge on any atom is -0.460 e. The molecule has 1 aromatic rings. The number of benzene rings is 1. The standard InChI is InChI=1S/C16H25NO2/c1-12(2)13-6-8-14(9-7-13)17-11-10-15(18)19-16(3,4)5/h6-9,12,17H,10-11H2,1-5H3. The number of carbonyl (C=O) groups is 1. The predicted molar refractivity (Wildman–Crippen MR) is 79.5 cm³/mol. The van der Waals surface area contributed by atoms with Crippen LogP contribution in [0.2, 0.25) is 0 Å². The first-order chi connectivity index (χ1) is 8.78. The summed E-state index contributed by atoms with van der Waals surface area (Å²) in [5.41, 5.74) is 1.95. The van der Waals surface area contributed by atoms with Gasteiger partial charge >= 0.3 is 5.97 Å². The summed E-state index contributed by atoms with van der Waals surface area (Å²) < 4.78 is 5.25. The summed E-state index contributed by atoms with van der Waals surface area (Å²) >= 11 is 0. The zero-order chi connectivity index (χ0) is 14.5. The van der Waals surface area contributed by atoms with Gasteiger partial charge in [0.1, 0.15) is 5.60 Å². The van der Waals surface area contributed by atoms with Crippen LogP contribution in [0.1, 0.15) is 52.5 Å². The van der Waals surface area contributed by atoms with Crippen molar-refractivity contribution in [1.82, 2.24) is 0 Å². The van der Waals surface area contributed by atoms with E-state index in [9.17, 15) is 4.79 Å². The van der Waals surface area contributed by atoms with Crippen molar-refractivity contribution in [3.05, 3.63) is 29.8 Å². The van der Waals surface area contributed by atoms with E-state index in [1.807, 2.05) is 32.9 Å². The Morgan fingerprint density at radius 3 is 2.26 bits per heavy atom. The van der Waals surface area contributed by atoms with Gasteiger partial charge in [0.25, 0.3) is 0 Å². The van der Waals surface area contributed by atoms with E-state index >= 15 is 0 Å². The molecule has 0 unspecified atom stereocenters. The predicted octanol–water partition coefficient (Wildman–Crippen LogP) is 3.95. The van der Waals surface area contributed by atoms with Crippen LogP contribution in [0.4, 0.5) is 5.69 Å². The molecule has 3 nitrogen and oxygen atoms in total. The van der Waals surface area contributed by atoms with E-state index in [0.717, 1.165) is 5.69 Å². The van der Waals surface area contributed by atoms with E-state index in [4.69, 9.17) is 4.74 Å². The van der Waals surface area contributed by atoms with Crippen LogP contribution in [0, 0.1) is 0 Å². The Morgan fingerprint density at radius 1 is 1.21 bits per heavy atom. The van der Waals surface area contributed by atoms with E-state index in [1.165, 1.54) is 5.56 Å². The summed E-state index contributed by atoms with van der Waals surface area (Å²) in [4.78, 5) is 11.5. The lowest BCUT2D eigenvalue weighted by molar-refractivity contribution is -0.154. The van der Waals surface area contributed by atoms with E-state index in [2.05, 4.69) is 31.3 Å². The third kappa shape index (κ3) is 6.27. The SMILES string of the molecule is CC(C)c1ccc(NCCC(=O)OC(C)(C)C)cc1. The van der Waals surface area contributed by atoms with Crippen LogP contribution in [0.3, 0.4) is 0 Å². The molecule has 0 fully saturated rings. The Labute approximate surface area is 116 Å². The fourth-order valence-corrected chi connectivity index (χ4v) is 1.69. The number of esters is 1. The van der Waals surface area contributed by atoms with Crippen LogP contribution < -0.4 is 5.32 Å². The summed E-state index contributed by atoms with van der Waals surface area (Å²) in [7, 11) is 0. The molecular weight excluding hydrogens is 238 g/mol. The quantitative estimate of drug-likeness (QED) is 0.817. The van der Waals surface area contributed by atoms with Crippen LogP contribution in [0.5, 0.6) is 0 Å². The first kappa shape index (κ1) is 15.5. The van der Waals surface area contributed by atoms with Gasteiger partial charge in [0.05, 0.1) is 6.42 Å². The highest BCUT2D eigenvalue weighted by atomic mass is 16.6. The molecule has 0 aliphatic heterocycles. The summed E-state index contributed by atoms with van der Waals surface area (Å²) in [5.74, 6) is 0.370. The lowest BCUT2D eigenvalue weighted by Gasteiger charge is -2.19. The maximum absolute atomic E-state index is 11.5. The lowest BCUT2D eigenvalue weighted by atomic mass is 10.0. The molecule has 0 aliphatic rings. The molecule has 0 heterocycles. The third-order valence-electron chi connectivity index (χ3n) is 2.66. The fourth-order valence-electron chi connectivity index (χ4n) is 1.69. The van der Waals surface area contributed by atoms with Gasteiger partial charge in [0.15, 0.2) is 0 Å². The maximum Gasteiger partial charge on any atom is 0.308 e. The van der Waals surface area contributed by atoms with Gasteiger partial charge in [-0.05, 0) is 44.4 Å². The first-order valence-corrected chi connectivity index (χ1v) is 6.83. The average Bonchev–Trinajstić information content (AvgIpc) is 2.27. The molecule has 1 rings (SSSR count). The molecule has 0 bridgehead atoms. The van der Waals surface area contributed by atoms with Crippen molar-refractivity contribution in [3.63, 3.8) is 0 Å². The molecule has 0 aromatic heterocycles. The molecule has 0 spiro atoms. The zero-order valence-corrected chi connectivity index (χ0v) is 12.6. The van der Waals surface area contributed by atoms with Crippen LogP contribution in [-0.4, -0.2) is 18.1 Å². The summed E-state index contributed by atoms with van der Waals surface area (Å²) in [6.45, 7) is 10.6. The van der Waals surface area contributed by atoms with Crippen molar-refractivity contribution in [2.75, 3.05) is 11.9 Å². The summed E-state index contributed by atoms with van der Waals surface area (Å²) in [5, 5.41) is 3.23. The molecule has 0 aliphatic carbocycles. The van der Waals surface area contributed by atoms with Crippen molar-refractivity contribution >= 4 is 11.7 Å². The molecule has 0 atom stereocenters. The monoisotopic (exact) mass is 263 g/mol. The Bertz CT molecular complexity index is 402. The number of hydrogen-bond donors (Lipinski definition) is 1. The van der Waals surface area contributed by atoms with Crippen molar-refractivity contribution < 1.29 is 9.53 Å². The topological polar surface area (TPSA) is 38.3 Å². The number of hydrogen-bond acceptors (Lipinski definition) is 3. The van der Waals surface area contributed by atoms with E-state index in [-0.39, 0.29) is 5.97 Å². The van der Waals surface area contributed by atoms with E-state index < -0.39 is 5.60 Å². The molecule has 0 amide bonds. The zero-order valence-electron chi connectivity index (χ0n) is 12.6. The molecule has 1 N–H and O–H groups in total. The second-order valence-corrected chi connectivity index (χ2v) is 6.04. The average molecular weight is 263 g/mol. The first-order valence-electron chi connectivity index (χ1n) is 6.83. The number of ether oxygens (including phenoxy) is 1. The van der Waals surface area contributed by atoms with Crippen LogP contribution in [-0.2, 0) is 9.53 Å². The second kappa shape index (κ2) is 6.60. The fraction of sp³-hybridized carbons (Fsp3) is 0.562. The largest absolute Gasteiger partial charge is 0.460 e. The normalized spacial score (nSPS) is 11.5. The number of anilines is 1. The van der Waals surface area contributed by atoms with Crippen molar-refractivity contribution in [2.45, 2.75) is 52.6 Å². The van der Waals surface area contributed by atoms with Crippen LogP contribution in [0.25, 0.3) is 0 Å². The second-order valence-electron chi connectivity index (χ2n) is 6.04. The number of rotatable bonds is 5. The molecule has 0 saturated carbocycles. The molecule has 0 radical (unpaired) electrons. The highest BCUT2D eigenvalue weighted by Crippen LogP contribution is 2.17. The van der Waals surface area contributed by atoms with Crippen LogP contribution in [0.15, 0.2) is 24.3 Å². The van der Waals surface area contributed by atoms with Gasteiger partial charge in [-0.2, -0.15) is 0 Å². The highest BCUT2D eigenvalue weighted by Gasteiger charge is 2.15. The smallest absolute Gasteiger partial charge is 0.308 e. The van der Waals surface area contributed by atoms with Crippen LogP contribution >= 0.6 is 0 Å². The molecule has 3 heteroatoms. The highest BCUT2D eigenvalue weighted by molar-refractivity contribution is 5.70. The molecule has 0 saturated heterocycles. The van der Waals surface area contributed by atoms with Crippen molar-refractivity contribution in [2.24, 2.45) is 0 Å². The van der Waals surface area contributed by atoms with Gasteiger partial charge in [-0.15, -0.1) is 0 Å². The van der Waals surface area contributed by atoms with E-state index in [0.29, 0.717) is 18.9 Å². The minimum atomic E-state index is -0.407.